The van der Waals surface area contributed by atoms with Crippen LogP contribution in [-0.4, -0.2) is 19.1 Å². The lowest BCUT2D eigenvalue weighted by molar-refractivity contribution is -0.137. The zero-order valence-corrected chi connectivity index (χ0v) is 35.9. The molecule has 12 rings (SSSR count). The lowest BCUT2D eigenvalue weighted by Gasteiger charge is -2.22. The monoisotopic (exact) mass is 894 g/mol. The molecule has 4 nitrogen and oxygen atoms in total. The highest BCUT2D eigenvalue weighted by Crippen LogP contribution is 2.46. The fourth-order valence-electron chi connectivity index (χ4n) is 9.63. The third-order valence-corrected chi connectivity index (χ3v) is 12.8. The summed E-state index contributed by atoms with van der Waals surface area (Å²) in [7, 11) is 0. The Bertz CT molecular complexity index is 3870. The van der Waals surface area contributed by atoms with Crippen molar-refractivity contribution < 1.29 is 22.0 Å². The first kappa shape index (κ1) is 40.8. The summed E-state index contributed by atoms with van der Waals surface area (Å²) in [6, 6.07) is 59.5. The largest absolute Gasteiger partial charge is 0.418 e. The number of aromatic nitrogens is 4. The fourth-order valence-corrected chi connectivity index (χ4v) is 9.63. The molecule has 0 saturated heterocycles. The van der Waals surface area contributed by atoms with Crippen LogP contribution in [0.2, 0.25) is 0 Å². The molecule has 0 fully saturated rings. The van der Waals surface area contributed by atoms with E-state index in [1.54, 1.807) is 27.5 Å². The summed E-state index contributed by atoms with van der Waals surface area (Å²) >= 11 is 0. The minimum Gasteiger partial charge on any atom is -0.309 e. The molecule has 0 bridgehead atoms. The Balaban J connectivity index is 1.07. The number of fused-ring (bicyclic) bond motifs is 6. The maximum atomic E-state index is 16.0. The van der Waals surface area contributed by atoms with Gasteiger partial charge in [0.2, 0.25) is 0 Å². The van der Waals surface area contributed by atoms with Crippen LogP contribution in [0.4, 0.5) is 22.0 Å². The van der Waals surface area contributed by atoms with Crippen LogP contribution in [0.25, 0.3) is 111 Å². The second-order valence-electron chi connectivity index (χ2n) is 16.8. The van der Waals surface area contributed by atoms with Crippen molar-refractivity contribution in [2.75, 3.05) is 0 Å². The van der Waals surface area contributed by atoms with Gasteiger partial charge in [0.15, 0.2) is 0 Å². The van der Waals surface area contributed by atoms with E-state index in [2.05, 4.69) is 0 Å². The van der Waals surface area contributed by atoms with Crippen molar-refractivity contribution in [3.63, 3.8) is 0 Å². The molecule has 4 aromatic heterocycles. The van der Waals surface area contributed by atoms with Gasteiger partial charge < -0.3 is 9.13 Å². The number of hydrogen-bond acceptors (Lipinski definition) is 2. The quantitative estimate of drug-likeness (QED) is 0.149. The zero-order chi connectivity index (χ0) is 46.1. The SMILES string of the molecule is Fc1cc(F)cc(-c2cc(-n3c4ccccc4c4cc(-c5ccc(-c6ccccc6)nc5)ccc43)c(C(F)(F)F)cc2-n2c3ccccc3c3cc(-c4ccc(-c5ccccc5)nc4)ccc32)c1. The molecule has 0 unspecified atom stereocenters. The number of nitrogens with zero attached hydrogens (tertiary/aromatic N) is 4. The molecule has 0 aliphatic carbocycles. The Morgan fingerprint density at radius 2 is 0.779 bits per heavy atom. The Hall–Kier alpha value is -8.69. The molecule has 0 saturated carbocycles. The topological polar surface area (TPSA) is 35.6 Å². The summed E-state index contributed by atoms with van der Waals surface area (Å²) in [5, 5.41) is 3.03. The molecule has 0 aliphatic rings. The molecule has 9 heteroatoms. The predicted molar refractivity (Wildman–Crippen MR) is 263 cm³/mol. The van der Waals surface area contributed by atoms with Crippen molar-refractivity contribution in [3.05, 3.63) is 230 Å². The van der Waals surface area contributed by atoms with Gasteiger partial charge in [0.05, 0.1) is 50.4 Å². The van der Waals surface area contributed by atoms with Crippen molar-refractivity contribution in [2.24, 2.45) is 0 Å². The van der Waals surface area contributed by atoms with Gasteiger partial charge in [0.1, 0.15) is 11.6 Å². The van der Waals surface area contributed by atoms with Gasteiger partial charge in [0.25, 0.3) is 0 Å². The molecule has 0 amide bonds. The van der Waals surface area contributed by atoms with Gasteiger partial charge in [-0.05, 0) is 89.5 Å². The molecule has 0 spiro atoms. The number of hydrogen-bond donors (Lipinski definition) is 0. The summed E-state index contributed by atoms with van der Waals surface area (Å²) < 4.78 is 82.1. The highest BCUT2D eigenvalue weighted by atomic mass is 19.4. The first-order chi connectivity index (χ1) is 33.2. The highest BCUT2D eigenvalue weighted by Gasteiger charge is 2.37. The van der Waals surface area contributed by atoms with Gasteiger partial charge in [0, 0.05) is 67.8 Å². The second kappa shape index (κ2) is 16.0. The third-order valence-electron chi connectivity index (χ3n) is 12.8. The molecule has 12 aromatic rings. The van der Waals surface area contributed by atoms with E-state index in [1.165, 1.54) is 6.07 Å². The number of halogens is 5. The fraction of sp³-hybridized carbons (Fsp3) is 0.0169. The predicted octanol–water partition coefficient (Wildman–Crippen LogP) is 16.3. The number of pyridine rings is 2. The van der Waals surface area contributed by atoms with Gasteiger partial charge in [-0.2, -0.15) is 13.2 Å². The van der Waals surface area contributed by atoms with Crippen LogP contribution in [0, 0.1) is 11.6 Å². The molecule has 0 atom stereocenters. The zero-order valence-electron chi connectivity index (χ0n) is 35.9. The van der Waals surface area contributed by atoms with Crippen molar-refractivity contribution in [1.82, 2.24) is 19.1 Å². The van der Waals surface area contributed by atoms with Crippen LogP contribution >= 0.6 is 0 Å². The first-order valence-corrected chi connectivity index (χ1v) is 22.0. The number of para-hydroxylation sites is 2. The van der Waals surface area contributed by atoms with E-state index >= 15 is 22.0 Å². The lowest BCUT2D eigenvalue weighted by atomic mass is 9.98. The third kappa shape index (κ3) is 6.98. The normalized spacial score (nSPS) is 11.9. The van der Waals surface area contributed by atoms with E-state index in [-0.39, 0.29) is 22.5 Å². The van der Waals surface area contributed by atoms with Crippen LogP contribution in [0.15, 0.2) is 213 Å². The number of rotatable bonds is 7. The number of alkyl halides is 3. The summed E-state index contributed by atoms with van der Waals surface area (Å²) in [4.78, 5) is 9.45. The Morgan fingerprint density at radius 3 is 1.25 bits per heavy atom. The molecular weight excluding hydrogens is 860 g/mol. The van der Waals surface area contributed by atoms with Gasteiger partial charge in [-0.15, -0.1) is 0 Å². The average Bonchev–Trinajstić information content (AvgIpc) is 3.88. The van der Waals surface area contributed by atoms with E-state index in [4.69, 9.17) is 9.97 Å². The molecular formula is C59H35F5N4. The summed E-state index contributed by atoms with van der Waals surface area (Å²) in [6.45, 7) is 0. The van der Waals surface area contributed by atoms with Gasteiger partial charge in [-0.25, -0.2) is 8.78 Å². The minimum atomic E-state index is -4.87. The summed E-state index contributed by atoms with van der Waals surface area (Å²) in [5.41, 5.74) is 8.56. The van der Waals surface area contributed by atoms with E-state index in [0.29, 0.717) is 22.1 Å². The second-order valence-corrected chi connectivity index (χ2v) is 16.8. The molecule has 4 heterocycles. The average molecular weight is 895 g/mol. The van der Waals surface area contributed by atoms with E-state index in [9.17, 15) is 0 Å². The summed E-state index contributed by atoms with van der Waals surface area (Å²) in [5.74, 6) is -1.72. The van der Waals surface area contributed by atoms with Crippen LogP contribution in [0.3, 0.4) is 0 Å². The van der Waals surface area contributed by atoms with Crippen molar-refractivity contribution in [3.8, 4) is 67.3 Å². The summed E-state index contributed by atoms with van der Waals surface area (Å²) in [6.07, 6.45) is -1.27. The van der Waals surface area contributed by atoms with Gasteiger partial charge in [-0.3, -0.25) is 9.97 Å². The highest BCUT2D eigenvalue weighted by molar-refractivity contribution is 6.12. The Morgan fingerprint density at radius 1 is 0.338 bits per heavy atom. The van der Waals surface area contributed by atoms with Gasteiger partial charge in [-0.1, -0.05) is 121 Å². The van der Waals surface area contributed by atoms with Crippen LogP contribution in [0.1, 0.15) is 5.56 Å². The molecule has 68 heavy (non-hydrogen) atoms. The Labute approximate surface area is 386 Å². The van der Waals surface area contributed by atoms with Crippen LogP contribution in [0.5, 0.6) is 0 Å². The van der Waals surface area contributed by atoms with E-state index in [1.807, 2.05) is 164 Å². The molecule has 8 aromatic carbocycles. The molecule has 0 aliphatic heterocycles. The molecule has 0 radical (unpaired) electrons. The van der Waals surface area contributed by atoms with E-state index < -0.39 is 23.4 Å². The molecule has 0 N–H and O–H groups in total. The minimum absolute atomic E-state index is 0.0779. The maximum absolute atomic E-state index is 16.0. The van der Waals surface area contributed by atoms with Crippen molar-refractivity contribution in [2.45, 2.75) is 6.18 Å². The standard InChI is InChI=1S/C59H35F5N4/c60-43-27-42(28-44(61)31-43)47-32-58(68-54-18-10-8-16-46(54)49-30-39(22-26-56(49)68)41-20-24-52(66-35-41)37-13-5-2-6-14-37)50(59(62,63)64)33-57(47)67-53-17-9-7-15-45(53)48-29-38(21-25-55(48)67)40-19-23-51(65-34-40)36-11-3-1-4-12-36/h1-35H. The van der Waals surface area contributed by atoms with Gasteiger partial charge >= 0.3 is 6.18 Å². The lowest BCUT2D eigenvalue weighted by Crippen LogP contribution is -2.13. The van der Waals surface area contributed by atoms with Crippen LogP contribution < -0.4 is 0 Å². The van der Waals surface area contributed by atoms with Crippen LogP contribution in [-0.2, 0) is 6.18 Å². The van der Waals surface area contributed by atoms with Crippen molar-refractivity contribution >= 4 is 43.6 Å². The Kier molecular flexibility index (Phi) is 9.62. The maximum Gasteiger partial charge on any atom is 0.418 e. The first-order valence-electron chi connectivity index (χ1n) is 22.0. The van der Waals surface area contributed by atoms with E-state index in [0.717, 1.165) is 90.6 Å². The number of benzene rings is 8. The molecule has 326 valence electrons. The van der Waals surface area contributed by atoms with Crippen molar-refractivity contribution in [1.29, 1.82) is 0 Å². The smallest absolute Gasteiger partial charge is 0.309 e.